The van der Waals surface area contributed by atoms with Crippen LogP contribution in [0.15, 0.2) is 30.5 Å². The minimum absolute atomic E-state index is 0.00954. The molecule has 0 saturated carbocycles. The summed E-state index contributed by atoms with van der Waals surface area (Å²) in [5.41, 5.74) is 0.573. The van der Waals surface area contributed by atoms with Crippen LogP contribution in [0.25, 0.3) is 10.9 Å². The van der Waals surface area contributed by atoms with Gasteiger partial charge < -0.3 is 10.0 Å². The molecule has 6 nitrogen and oxygen atoms in total. The molecule has 1 N–H and O–H groups in total. The Labute approximate surface area is 115 Å². The molecule has 20 heavy (non-hydrogen) atoms. The molecule has 1 aliphatic rings. The first-order valence-electron chi connectivity index (χ1n) is 6.47. The van der Waals surface area contributed by atoms with E-state index < -0.39 is 10.5 Å². The predicted octanol–water partition coefficient (Wildman–Crippen LogP) is 2.10. The molecule has 104 valence electrons. The molecule has 1 fully saturated rings. The highest BCUT2D eigenvalue weighted by atomic mass is 16.6. The number of aliphatic hydroxyl groups is 1. The highest BCUT2D eigenvalue weighted by Crippen LogP contribution is 2.34. The fraction of sp³-hybridized carbons (Fsp3) is 0.357. The van der Waals surface area contributed by atoms with E-state index in [1.807, 2.05) is 17.0 Å². The van der Waals surface area contributed by atoms with E-state index in [0.717, 1.165) is 17.6 Å². The summed E-state index contributed by atoms with van der Waals surface area (Å²) in [7, 11) is 0. The zero-order valence-corrected chi connectivity index (χ0v) is 11.1. The number of β-amino-alcohol motifs (C(OH)–C–C–N with tert-alkyl or cyclic N) is 1. The normalized spacial score (nSPS) is 22.4. The summed E-state index contributed by atoms with van der Waals surface area (Å²) in [5, 5.41) is 21.9. The van der Waals surface area contributed by atoms with Gasteiger partial charge >= 0.3 is 0 Å². The number of aromatic nitrogens is 1. The van der Waals surface area contributed by atoms with Gasteiger partial charge in [0.25, 0.3) is 5.69 Å². The second kappa shape index (κ2) is 4.42. The molecular weight excluding hydrogens is 258 g/mol. The lowest BCUT2D eigenvalue weighted by Gasteiger charge is -2.22. The Balaban J connectivity index is 2.13. The maximum absolute atomic E-state index is 11.1. The average molecular weight is 273 g/mol. The molecule has 1 aliphatic heterocycles. The number of pyridine rings is 1. The predicted molar refractivity (Wildman–Crippen MR) is 75.9 cm³/mol. The van der Waals surface area contributed by atoms with E-state index in [1.54, 1.807) is 19.2 Å². The van der Waals surface area contributed by atoms with Crippen LogP contribution in [0, 0.1) is 10.1 Å². The fourth-order valence-corrected chi connectivity index (χ4v) is 2.72. The largest absolute Gasteiger partial charge is 0.388 e. The van der Waals surface area contributed by atoms with Gasteiger partial charge in [-0.1, -0.05) is 12.1 Å². The number of fused-ring (bicyclic) bond motifs is 1. The number of nitro groups is 1. The number of anilines is 1. The van der Waals surface area contributed by atoms with Crippen LogP contribution in [0.1, 0.15) is 13.3 Å². The van der Waals surface area contributed by atoms with Crippen LogP contribution in [0.2, 0.25) is 0 Å². The molecule has 1 aromatic carbocycles. The monoisotopic (exact) mass is 273 g/mol. The van der Waals surface area contributed by atoms with Crippen LogP contribution in [0.4, 0.5) is 11.4 Å². The number of benzene rings is 1. The zero-order valence-electron chi connectivity index (χ0n) is 11.1. The Morgan fingerprint density at radius 3 is 2.90 bits per heavy atom. The van der Waals surface area contributed by atoms with Crippen LogP contribution in [0.3, 0.4) is 0 Å². The summed E-state index contributed by atoms with van der Waals surface area (Å²) < 4.78 is 0. The molecule has 1 unspecified atom stereocenters. The van der Waals surface area contributed by atoms with Crippen molar-refractivity contribution in [1.82, 2.24) is 4.98 Å². The summed E-state index contributed by atoms with van der Waals surface area (Å²) in [5.74, 6) is 0. The van der Waals surface area contributed by atoms with E-state index in [-0.39, 0.29) is 5.69 Å². The SMILES string of the molecule is CC1(O)CCN(c2ccnc3c([N+](=O)[O-])cccc23)C1. The van der Waals surface area contributed by atoms with Gasteiger partial charge in [-0.25, -0.2) is 4.98 Å². The molecule has 0 aliphatic carbocycles. The molecule has 3 rings (SSSR count). The van der Waals surface area contributed by atoms with Crippen molar-refractivity contribution in [1.29, 1.82) is 0 Å². The van der Waals surface area contributed by atoms with Crippen molar-refractivity contribution in [3.8, 4) is 0 Å². The van der Waals surface area contributed by atoms with E-state index >= 15 is 0 Å². The first-order chi connectivity index (χ1) is 9.48. The number of hydrogen-bond acceptors (Lipinski definition) is 5. The smallest absolute Gasteiger partial charge is 0.295 e. The number of nitro benzene ring substituents is 1. The van der Waals surface area contributed by atoms with Gasteiger partial charge in [-0.2, -0.15) is 0 Å². The molecule has 1 aromatic heterocycles. The van der Waals surface area contributed by atoms with Gasteiger partial charge in [0.15, 0.2) is 0 Å². The minimum Gasteiger partial charge on any atom is -0.388 e. The van der Waals surface area contributed by atoms with E-state index in [2.05, 4.69) is 4.98 Å². The molecule has 0 radical (unpaired) electrons. The highest BCUT2D eigenvalue weighted by molar-refractivity contribution is 5.96. The number of para-hydroxylation sites is 1. The van der Waals surface area contributed by atoms with Crippen molar-refractivity contribution in [2.45, 2.75) is 18.9 Å². The molecule has 0 bridgehead atoms. The lowest BCUT2D eigenvalue weighted by molar-refractivity contribution is -0.383. The van der Waals surface area contributed by atoms with Gasteiger partial charge in [-0.15, -0.1) is 0 Å². The minimum atomic E-state index is -0.712. The molecule has 6 heteroatoms. The van der Waals surface area contributed by atoms with Gasteiger partial charge in [-0.05, 0) is 19.4 Å². The number of nitrogens with zero attached hydrogens (tertiary/aromatic N) is 3. The zero-order chi connectivity index (χ0) is 14.3. The highest BCUT2D eigenvalue weighted by Gasteiger charge is 2.32. The number of hydrogen-bond donors (Lipinski definition) is 1. The van der Waals surface area contributed by atoms with Crippen molar-refractivity contribution in [2.75, 3.05) is 18.0 Å². The first-order valence-corrected chi connectivity index (χ1v) is 6.47. The number of non-ortho nitro benzene ring substituents is 1. The quantitative estimate of drug-likeness (QED) is 0.669. The second-order valence-electron chi connectivity index (χ2n) is 5.43. The third-order valence-corrected chi connectivity index (χ3v) is 3.72. The van der Waals surface area contributed by atoms with Crippen molar-refractivity contribution in [2.24, 2.45) is 0 Å². The Bertz CT molecular complexity index is 684. The van der Waals surface area contributed by atoms with Gasteiger partial charge in [0, 0.05) is 36.4 Å². The second-order valence-corrected chi connectivity index (χ2v) is 5.43. The van der Waals surface area contributed by atoms with Crippen LogP contribution >= 0.6 is 0 Å². The molecule has 1 atom stereocenters. The third kappa shape index (κ3) is 2.08. The van der Waals surface area contributed by atoms with Gasteiger partial charge in [0.2, 0.25) is 0 Å². The Morgan fingerprint density at radius 1 is 1.45 bits per heavy atom. The average Bonchev–Trinajstić information content (AvgIpc) is 2.77. The van der Waals surface area contributed by atoms with Crippen LogP contribution in [-0.4, -0.2) is 33.7 Å². The van der Waals surface area contributed by atoms with Crippen molar-refractivity contribution >= 4 is 22.3 Å². The topological polar surface area (TPSA) is 79.5 Å². The summed E-state index contributed by atoms with van der Waals surface area (Å²) >= 11 is 0. The van der Waals surface area contributed by atoms with Crippen LogP contribution < -0.4 is 4.90 Å². The maximum atomic E-state index is 11.1. The molecule has 2 aromatic rings. The lowest BCUT2D eigenvalue weighted by atomic mass is 10.1. The Hall–Kier alpha value is -2.21. The van der Waals surface area contributed by atoms with Gasteiger partial charge in [-0.3, -0.25) is 10.1 Å². The fourth-order valence-electron chi connectivity index (χ4n) is 2.72. The molecule has 0 amide bonds. The molecule has 2 heterocycles. The van der Waals surface area contributed by atoms with E-state index in [1.165, 1.54) is 6.07 Å². The van der Waals surface area contributed by atoms with Crippen molar-refractivity contribution < 1.29 is 10.0 Å². The van der Waals surface area contributed by atoms with Gasteiger partial charge in [0.1, 0.15) is 5.52 Å². The molecule has 0 spiro atoms. The van der Waals surface area contributed by atoms with Crippen LogP contribution in [-0.2, 0) is 0 Å². The van der Waals surface area contributed by atoms with E-state index in [0.29, 0.717) is 18.5 Å². The van der Waals surface area contributed by atoms with E-state index in [9.17, 15) is 15.2 Å². The summed E-state index contributed by atoms with van der Waals surface area (Å²) in [6.07, 6.45) is 2.27. The third-order valence-electron chi connectivity index (χ3n) is 3.72. The number of rotatable bonds is 2. The Kier molecular flexibility index (Phi) is 2.83. The summed E-state index contributed by atoms with van der Waals surface area (Å²) in [4.78, 5) is 16.8. The Morgan fingerprint density at radius 2 is 2.25 bits per heavy atom. The standard InChI is InChI=1S/C14H15N3O3/c1-14(18)6-8-16(9-14)11-5-7-15-13-10(11)3-2-4-12(13)17(19)20/h2-5,7,18H,6,8-9H2,1H3. The first kappa shape index (κ1) is 12.8. The summed E-state index contributed by atoms with van der Waals surface area (Å²) in [6, 6.07) is 6.80. The maximum Gasteiger partial charge on any atom is 0.295 e. The van der Waals surface area contributed by atoms with Crippen LogP contribution in [0.5, 0.6) is 0 Å². The van der Waals surface area contributed by atoms with Crippen molar-refractivity contribution in [3.63, 3.8) is 0 Å². The molecule has 1 saturated heterocycles. The summed E-state index contributed by atoms with van der Waals surface area (Å²) in [6.45, 7) is 3.06. The van der Waals surface area contributed by atoms with E-state index in [4.69, 9.17) is 0 Å². The van der Waals surface area contributed by atoms with Gasteiger partial charge in [0.05, 0.1) is 10.5 Å². The van der Waals surface area contributed by atoms with Crippen molar-refractivity contribution in [3.05, 3.63) is 40.6 Å². The molecular formula is C14H15N3O3. The lowest BCUT2D eigenvalue weighted by Crippen LogP contribution is -2.29.